The van der Waals surface area contributed by atoms with Crippen LogP contribution in [0.5, 0.6) is 0 Å². The molecule has 0 N–H and O–H groups in total. The van der Waals surface area contributed by atoms with Crippen molar-refractivity contribution in [3.63, 3.8) is 0 Å². The molecule has 0 radical (unpaired) electrons. The third-order valence-electron chi connectivity index (χ3n) is 3.82. The molecule has 0 aliphatic carbocycles. The number of carbonyl (C=O) groups is 1. The Kier molecular flexibility index (Phi) is 3.65. The molecule has 0 bridgehead atoms. The van der Waals surface area contributed by atoms with E-state index < -0.39 is 0 Å². The maximum atomic E-state index is 12.6. The summed E-state index contributed by atoms with van der Waals surface area (Å²) in [5.74, 6) is 0.0495. The first-order chi connectivity index (χ1) is 10.3. The van der Waals surface area contributed by atoms with Crippen LogP contribution < -0.4 is 0 Å². The number of nitrogens with zero attached hydrogens (tertiary/aromatic N) is 3. The van der Waals surface area contributed by atoms with Crippen molar-refractivity contribution in [2.45, 2.75) is 18.9 Å². The molecule has 2 heterocycles. The summed E-state index contributed by atoms with van der Waals surface area (Å²) in [6.45, 7) is 0.753. The number of rotatable bonds is 2. The van der Waals surface area contributed by atoms with Crippen LogP contribution in [-0.2, 0) is 0 Å². The van der Waals surface area contributed by atoms with Gasteiger partial charge in [0.15, 0.2) is 0 Å². The molecule has 1 fully saturated rings. The highest BCUT2D eigenvalue weighted by atomic mass is 16.2. The summed E-state index contributed by atoms with van der Waals surface area (Å²) >= 11 is 0. The smallest absolute Gasteiger partial charge is 0.254 e. The molecule has 1 aliphatic heterocycles. The molecule has 1 saturated heterocycles. The van der Waals surface area contributed by atoms with E-state index in [0.29, 0.717) is 11.3 Å². The maximum Gasteiger partial charge on any atom is 0.254 e. The largest absolute Gasteiger partial charge is 0.332 e. The molecule has 2 aromatic rings. The third-order valence-corrected chi connectivity index (χ3v) is 3.82. The molecular weight excluding hydrogens is 262 g/mol. The van der Waals surface area contributed by atoms with Crippen LogP contribution in [0.1, 0.15) is 40.5 Å². The number of pyridine rings is 1. The fourth-order valence-corrected chi connectivity index (χ4v) is 2.82. The quantitative estimate of drug-likeness (QED) is 0.848. The number of amides is 1. The van der Waals surface area contributed by atoms with Gasteiger partial charge in [-0.15, -0.1) is 0 Å². The van der Waals surface area contributed by atoms with Crippen LogP contribution in [0.15, 0.2) is 48.7 Å². The number of likely N-dealkylation sites (tertiary alicyclic amines) is 1. The van der Waals surface area contributed by atoms with Gasteiger partial charge in [-0.1, -0.05) is 18.2 Å². The van der Waals surface area contributed by atoms with Gasteiger partial charge in [0, 0.05) is 18.3 Å². The molecule has 0 saturated carbocycles. The van der Waals surface area contributed by atoms with Crippen molar-refractivity contribution in [3.05, 3.63) is 65.5 Å². The fourth-order valence-electron chi connectivity index (χ4n) is 2.82. The Hall–Kier alpha value is -2.67. The monoisotopic (exact) mass is 277 g/mol. The summed E-state index contributed by atoms with van der Waals surface area (Å²) in [7, 11) is 0. The van der Waals surface area contributed by atoms with Crippen molar-refractivity contribution in [2.75, 3.05) is 6.54 Å². The van der Waals surface area contributed by atoms with E-state index in [4.69, 9.17) is 5.26 Å². The number of aromatic nitrogens is 1. The second kappa shape index (κ2) is 5.76. The molecule has 104 valence electrons. The minimum atomic E-state index is 0.0350. The van der Waals surface area contributed by atoms with E-state index in [1.165, 1.54) is 0 Å². The summed E-state index contributed by atoms with van der Waals surface area (Å²) in [6, 6.07) is 15.1. The van der Waals surface area contributed by atoms with Crippen molar-refractivity contribution in [3.8, 4) is 6.07 Å². The third kappa shape index (κ3) is 2.63. The van der Waals surface area contributed by atoms with Crippen molar-refractivity contribution < 1.29 is 4.79 Å². The molecule has 4 nitrogen and oxygen atoms in total. The van der Waals surface area contributed by atoms with Crippen molar-refractivity contribution in [2.24, 2.45) is 0 Å². The van der Waals surface area contributed by atoms with Crippen molar-refractivity contribution >= 4 is 5.91 Å². The van der Waals surface area contributed by atoms with E-state index in [0.717, 1.165) is 24.9 Å². The number of carbonyl (C=O) groups excluding carboxylic acids is 1. The van der Waals surface area contributed by atoms with Crippen molar-refractivity contribution in [1.29, 1.82) is 5.26 Å². The first kappa shape index (κ1) is 13.3. The van der Waals surface area contributed by atoms with Gasteiger partial charge in [-0.25, -0.2) is 4.98 Å². The number of hydrogen-bond acceptors (Lipinski definition) is 3. The molecule has 4 heteroatoms. The Morgan fingerprint density at radius 2 is 2.10 bits per heavy atom. The summed E-state index contributed by atoms with van der Waals surface area (Å²) in [6.07, 6.45) is 3.54. The van der Waals surface area contributed by atoms with E-state index in [-0.39, 0.29) is 11.9 Å². The van der Waals surface area contributed by atoms with Crippen LogP contribution in [-0.4, -0.2) is 22.3 Å². The summed E-state index contributed by atoms with van der Waals surface area (Å²) < 4.78 is 0. The number of benzene rings is 1. The second-order valence-electron chi connectivity index (χ2n) is 5.11. The highest BCUT2D eigenvalue weighted by molar-refractivity contribution is 5.94. The summed E-state index contributed by atoms with van der Waals surface area (Å²) in [5, 5.41) is 8.96. The van der Waals surface area contributed by atoms with Gasteiger partial charge < -0.3 is 4.90 Å². The minimum Gasteiger partial charge on any atom is -0.332 e. The van der Waals surface area contributed by atoms with Gasteiger partial charge in [0.1, 0.15) is 11.8 Å². The first-order valence-corrected chi connectivity index (χ1v) is 7.01. The van der Waals surface area contributed by atoms with Crippen LogP contribution in [0.4, 0.5) is 0 Å². The molecule has 1 aliphatic rings. The Morgan fingerprint density at radius 3 is 2.86 bits per heavy atom. The van der Waals surface area contributed by atoms with Gasteiger partial charge in [0.2, 0.25) is 0 Å². The lowest BCUT2D eigenvalue weighted by atomic mass is 10.0. The topological polar surface area (TPSA) is 57.0 Å². The lowest BCUT2D eigenvalue weighted by molar-refractivity contribution is 0.0735. The van der Waals surface area contributed by atoms with E-state index in [1.54, 1.807) is 12.3 Å². The Balaban J connectivity index is 1.89. The normalized spacial score (nSPS) is 17.5. The van der Waals surface area contributed by atoms with Crippen LogP contribution in [0.25, 0.3) is 0 Å². The zero-order valence-electron chi connectivity index (χ0n) is 11.6. The Morgan fingerprint density at radius 1 is 1.29 bits per heavy atom. The molecular formula is C17H15N3O. The molecule has 3 rings (SSSR count). The van der Waals surface area contributed by atoms with E-state index >= 15 is 0 Å². The zero-order valence-corrected chi connectivity index (χ0v) is 11.6. The number of hydrogen-bond donors (Lipinski definition) is 0. The van der Waals surface area contributed by atoms with Crippen LogP contribution in [0.3, 0.4) is 0 Å². The predicted molar refractivity (Wildman–Crippen MR) is 78.4 cm³/mol. The summed E-state index contributed by atoms with van der Waals surface area (Å²) in [5.41, 5.74) is 2.09. The standard InChI is InChI=1S/C17H15N3O/c18-12-15-11-14(8-9-19-15)16-7-4-10-20(16)17(21)13-5-2-1-3-6-13/h1-3,5-6,8-9,11,16H,4,7,10H2. The average Bonchev–Trinajstić information content (AvgIpc) is 3.04. The van der Waals surface area contributed by atoms with E-state index in [1.807, 2.05) is 41.3 Å². The van der Waals surface area contributed by atoms with Crippen LogP contribution in [0.2, 0.25) is 0 Å². The highest BCUT2D eigenvalue weighted by Gasteiger charge is 2.30. The van der Waals surface area contributed by atoms with E-state index in [2.05, 4.69) is 11.1 Å². The second-order valence-corrected chi connectivity index (χ2v) is 5.11. The summed E-state index contributed by atoms with van der Waals surface area (Å²) in [4.78, 5) is 18.5. The van der Waals surface area contributed by atoms with E-state index in [9.17, 15) is 4.79 Å². The Bertz CT molecular complexity index is 691. The minimum absolute atomic E-state index is 0.0350. The average molecular weight is 277 g/mol. The van der Waals surface area contributed by atoms with Gasteiger partial charge in [-0.05, 0) is 42.7 Å². The SMILES string of the molecule is N#Cc1cc(C2CCCN2C(=O)c2ccccc2)ccn1. The predicted octanol–water partition coefficient (Wildman–Crippen LogP) is 2.93. The molecule has 1 aromatic heterocycles. The number of nitriles is 1. The maximum absolute atomic E-state index is 12.6. The van der Waals surface area contributed by atoms with Gasteiger partial charge in [-0.2, -0.15) is 5.26 Å². The molecule has 1 aromatic carbocycles. The molecule has 1 unspecified atom stereocenters. The molecule has 0 spiro atoms. The van der Waals surface area contributed by atoms with Gasteiger partial charge in [0.25, 0.3) is 5.91 Å². The zero-order chi connectivity index (χ0) is 14.7. The van der Waals surface area contributed by atoms with Crippen molar-refractivity contribution in [1.82, 2.24) is 9.88 Å². The lowest BCUT2D eigenvalue weighted by Crippen LogP contribution is -2.30. The van der Waals surface area contributed by atoms with Crippen LogP contribution >= 0.6 is 0 Å². The first-order valence-electron chi connectivity index (χ1n) is 7.01. The Labute approximate surface area is 123 Å². The van der Waals surface area contributed by atoms with Gasteiger partial charge in [-0.3, -0.25) is 4.79 Å². The molecule has 1 atom stereocenters. The molecule has 21 heavy (non-hydrogen) atoms. The highest BCUT2D eigenvalue weighted by Crippen LogP contribution is 2.33. The van der Waals surface area contributed by atoms with Gasteiger partial charge >= 0.3 is 0 Å². The van der Waals surface area contributed by atoms with Crippen LogP contribution in [0, 0.1) is 11.3 Å². The lowest BCUT2D eigenvalue weighted by Gasteiger charge is -2.25. The fraction of sp³-hybridized carbons (Fsp3) is 0.235. The van der Waals surface area contributed by atoms with Gasteiger partial charge in [0.05, 0.1) is 6.04 Å². The molecule has 1 amide bonds.